The summed E-state index contributed by atoms with van der Waals surface area (Å²) in [7, 11) is -1.79. The van der Waals surface area contributed by atoms with Crippen molar-refractivity contribution in [3.63, 3.8) is 0 Å². The molecule has 3 unspecified atom stereocenters. The van der Waals surface area contributed by atoms with Gasteiger partial charge in [-0.2, -0.15) is 5.26 Å². The first-order valence-corrected chi connectivity index (χ1v) is 8.73. The Labute approximate surface area is 153 Å². The second kappa shape index (κ2) is 7.76. The molecule has 1 aromatic carbocycles. The van der Waals surface area contributed by atoms with Gasteiger partial charge in [-0.3, -0.25) is 0 Å². The summed E-state index contributed by atoms with van der Waals surface area (Å²) in [6.07, 6.45) is 2.56. The van der Waals surface area contributed by atoms with E-state index in [2.05, 4.69) is 38.4 Å². The van der Waals surface area contributed by atoms with Gasteiger partial charge in [-0.15, -0.1) is 38.4 Å². The van der Waals surface area contributed by atoms with Crippen molar-refractivity contribution in [2.24, 2.45) is 0 Å². The Bertz CT molecular complexity index is 654. The molecule has 0 bridgehead atoms. The quantitative estimate of drug-likeness (QED) is 0.321. The van der Waals surface area contributed by atoms with Crippen molar-refractivity contribution in [3.05, 3.63) is 66.1 Å². The first-order valence-electron chi connectivity index (χ1n) is 5.93. The van der Waals surface area contributed by atoms with Crippen molar-refractivity contribution in [1.82, 2.24) is 0 Å². The average Bonchev–Trinajstić information content (AvgIpc) is 2.52. The lowest BCUT2D eigenvalue weighted by Crippen LogP contribution is -2.29. The highest BCUT2D eigenvalue weighted by atomic mass is 35.5. The van der Waals surface area contributed by atoms with Crippen LogP contribution in [-0.2, 0) is 10.8 Å². The number of rotatable bonds is 6. The Morgan fingerprint density at radius 1 is 1.18 bits per heavy atom. The molecule has 1 aromatic rings. The first-order chi connectivity index (χ1) is 10.2. The zero-order chi connectivity index (χ0) is 17.0. The lowest BCUT2D eigenvalue weighted by Gasteiger charge is -2.30. The van der Waals surface area contributed by atoms with E-state index in [9.17, 15) is 9.47 Å². The summed E-state index contributed by atoms with van der Waals surface area (Å²) in [6.45, 7) is 7.14. The molecule has 0 amide bonds. The van der Waals surface area contributed by atoms with Crippen molar-refractivity contribution in [3.8, 4) is 6.07 Å². The Morgan fingerprint density at radius 2 is 1.64 bits per heavy atom. The number of alkyl halides is 2. The molecule has 0 radical (unpaired) electrons. The molecule has 7 heteroatoms. The average molecular weight is 390 g/mol. The molecule has 0 N–H and O–H groups in total. The van der Waals surface area contributed by atoms with E-state index in [1.165, 1.54) is 12.2 Å². The fraction of sp³-hybridized carbons (Fsp3) is 0.133. The summed E-state index contributed by atoms with van der Waals surface area (Å²) in [4.78, 5) is 0.298. The smallest absolute Gasteiger partial charge is 0.131 e. The normalized spacial score (nSPS) is 17.2. The minimum atomic E-state index is -1.79. The van der Waals surface area contributed by atoms with E-state index >= 15 is 0 Å². The van der Waals surface area contributed by atoms with Gasteiger partial charge >= 0.3 is 0 Å². The summed E-state index contributed by atoms with van der Waals surface area (Å²) in [5, 5.41) is 9.49. The van der Waals surface area contributed by atoms with Crippen molar-refractivity contribution in [2.45, 2.75) is 13.3 Å². The van der Waals surface area contributed by atoms with Gasteiger partial charge in [0.1, 0.15) is 19.4 Å². The standard InChI is InChI=1S/C15H13Cl2NOS3/c1-3-14(16,20)13(15(17,21)4-2)12(10-18)22(19)11-8-6-5-7-9-11/h3-9,20-21H,1-2H2. The van der Waals surface area contributed by atoms with Crippen molar-refractivity contribution < 1.29 is 4.21 Å². The van der Waals surface area contributed by atoms with E-state index < -0.39 is 19.2 Å². The van der Waals surface area contributed by atoms with Gasteiger partial charge in [-0.1, -0.05) is 53.6 Å². The van der Waals surface area contributed by atoms with Gasteiger partial charge in [0.2, 0.25) is 0 Å². The van der Waals surface area contributed by atoms with Gasteiger partial charge in [-0.25, -0.2) is 4.21 Å². The van der Waals surface area contributed by atoms with Gasteiger partial charge in [0.25, 0.3) is 0 Å². The Kier molecular flexibility index (Phi) is 6.84. The van der Waals surface area contributed by atoms with E-state index in [1.54, 1.807) is 30.3 Å². The van der Waals surface area contributed by atoms with Crippen LogP contribution in [0.3, 0.4) is 0 Å². The van der Waals surface area contributed by atoms with E-state index in [0.29, 0.717) is 4.90 Å². The van der Waals surface area contributed by atoms with Gasteiger partial charge in [0.05, 0.1) is 10.8 Å². The molecule has 116 valence electrons. The first kappa shape index (κ1) is 19.4. The lowest BCUT2D eigenvalue weighted by atomic mass is 10.1. The van der Waals surface area contributed by atoms with Crippen molar-refractivity contribution in [1.29, 1.82) is 5.26 Å². The molecule has 2 nitrogen and oxygen atoms in total. The minimum Gasteiger partial charge on any atom is -0.248 e. The van der Waals surface area contributed by atoms with Crippen molar-refractivity contribution >= 4 is 59.3 Å². The van der Waals surface area contributed by atoms with E-state index in [1.807, 2.05) is 6.07 Å². The Hall–Kier alpha value is -0.640. The maximum absolute atomic E-state index is 12.7. The Morgan fingerprint density at radius 3 is 2.00 bits per heavy atom. The van der Waals surface area contributed by atoms with E-state index in [4.69, 9.17) is 23.2 Å². The summed E-state index contributed by atoms with van der Waals surface area (Å²) >= 11 is 21.1. The predicted octanol–water partition coefficient (Wildman–Crippen LogP) is 4.67. The molecule has 0 aromatic heterocycles. The lowest BCUT2D eigenvalue weighted by molar-refractivity contribution is 0.687. The molecule has 0 spiro atoms. The summed E-state index contributed by atoms with van der Waals surface area (Å²) in [6, 6.07) is 10.4. The van der Waals surface area contributed by atoms with Gasteiger partial charge < -0.3 is 0 Å². The number of nitrogens with zero attached hydrogens (tertiary/aromatic N) is 1. The highest BCUT2D eigenvalue weighted by Gasteiger charge is 2.41. The van der Waals surface area contributed by atoms with Crippen LogP contribution >= 0.6 is 48.5 Å². The molecule has 0 aliphatic heterocycles. The van der Waals surface area contributed by atoms with Crippen molar-refractivity contribution in [2.75, 3.05) is 0 Å². The molecule has 0 heterocycles. The zero-order valence-electron chi connectivity index (χ0n) is 11.4. The molecule has 0 saturated heterocycles. The van der Waals surface area contributed by atoms with Gasteiger partial charge in [-0.05, 0) is 12.1 Å². The second-order valence-corrected chi connectivity index (χ2v) is 8.70. The van der Waals surface area contributed by atoms with Crippen LogP contribution in [-0.4, -0.2) is 12.6 Å². The van der Waals surface area contributed by atoms with Crippen LogP contribution in [0.5, 0.6) is 0 Å². The number of nitriles is 1. The summed E-state index contributed by atoms with van der Waals surface area (Å²) in [5.74, 6) is 0. The monoisotopic (exact) mass is 389 g/mol. The number of hydrogen-bond donors (Lipinski definition) is 2. The van der Waals surface area contributed by atoms with E-state index in [0.717, 1.165) is 0 Å². The third-order valence-corrected chi connectivity index (χ3v) is 5.58. The third kappa shape index (κ3) is 4.21. The highest BCUT2D eigenvalue weighted by Crippen LogP contribution is 2.46. The van der Waals surface area contributed by atoms with Crippen LogP contribution in [0.15, 0.2) is 71.0 Å². The second-order valence-electron chi connectivity index (χ2n) is 4.15. The molecule has 0 aliphatic rings. The maximum Gasteiger partial charge on any atom is 0.131 e. The molecule has 22 heavy (non-hydrogen) atoms. The summed E-state index contributed by atoms with van der Waals surface area (Å²) in [5.41, 5.74) is 0.0460. The van der Waals surface area contributed by atoms with Crippen LogP contribution in [0.1, 0.15) is 0 Å². The predicted molar refractivity (Wildman–Crippen MR) is 101 cm³/mol. The van der Waals surface area contributed by atoms with Crippen LogP contribution in [0.4, 0.5) is 0 Å². The number of benzene rings is 1. The molecular weight excluding hydrogens is 377 g/mol. The fourth-order valence-corrected chi connectivity index (χ4v) is 4.45. The number of hydrogen-bond acceptors (Lipinski definition) is 4. The van der Waals surface area contributed by atoms with Crippen LogP contribution in [0, 0.1) is 11.3 Å². The molecule has 3 atom stereocenters. The number of allylic oxidation sites excluding steroid dienone is 1. The summed E-state index contributed by atoms with van der Waals surface area (Å²) < 4.78 is 9.71. The maximum atomic E-state index is 12.7. The third-order valence-electron chi connectivity index (χ3n) is 2.71. The Balaban J connectivity index is 3.68. The number of halogens is 2. The molecular formula is C15H13Cl2NOS3. The fourth-order valence-electron chi connectivity index (χ4n) is 1.62. The van der Waals surface area contributed by atoms with E-state index in [-0.39, 0.29) is 10.5 Å². The SMILES string of the molecule is C=CC(S)(Cl)C(=C(C#N)S(=O)c1ccccc1)C(S)(Cl)C=C. The zero-order valence-corrected chi connectivity index (χ0v) is 15.5. The molecule has 0 saturated carbocycles. The minimum absolute atomic E-state index is 0.0460. The van der Waals surface area contributed by atoms with Gasteiger partial charge in [0.15, 0.2) is 0 Å². The largest absolute Gasteiger partial charge is 0.248 e. The molecule has 0 fully saturated rings. The topological polar surface area (TPSA) is 40.9 Å². The molecule has 0 aliphatic carbocycles. The van der Waals surface area contributed by atoms with Crippen LogP contribution in [0.2, 0.25) is 0 Å². The van der Waals surface area contributed by atoms with Crippen LogP contribution in [0.25, 0.3) is 0 Å². The van der Waals surface area contributed by atoms with Crippen LogP contribution < -0.4 is 0 Å². The highest BCUT2D eigenvalue weighted by molar-refractivity contribution is 7.90. The number of thiol groups is 2. The molecule has 1 rings (SSSR count). The van der Waals surface area contributed by atoms with Gasteiger partial charge in [0, 0.05) is 10.5 Å².